The van der Waals surface area contributed by atoms with Crippen molar-refractivity contribution in [1.29, 1.82) is 0 Å². The summed E-state index contributed by atoms with van der Waals surface area (Å²) >= 11 is 0. The van der Waals surface area contributed by atoms with Crippen molar-refractivity contribution < 1.29 is 14.3 Å². The Balaban J connectivity index is 2.48. The molecule has 1 heterocycles. The molecule has 0 aromatic rings. The minimum Gasteiger partial charge on any atom is -0.465 e. The van der Waals surface area contributed by atoms with E-state index in [4.69, 9.17) is 4.74 Å². The largest absolute Gasteiger partial charge is 0.465 e. The highest BCUT2D eigenvalue weighted by Gasteiger charge is 2.35. The van der Waals surface area contributed by atoms with Crippen LogP contribution in [-0.2, 0) is 14.3 Å². The number of hydrazone groups is 1. The molecule has 0 fully saturated rings. The zero-order valence-electron chi connectivity index (χ0n) is 9.84. The van der Waals surface area contributed by atoms with E-state index in [1.54, 1.807) is 6.92 Å². The standard InChI is InChI=1S/C10H17N3O3/c1-4-16-10(15)8-7-11-13(9(8)14)6-5-12(2)3/h7-8H,4-6H2,1-3H3. The molecule has 1 aliphatic heterocycles. The van der Waals surface area contributed by atoms with E-state index in [1.807, 2.05) is 19.0 Å². The molecule has 0 aliphatic carbocycles. The van der Waals surface area contributed by atoms with Gasteiger partial charge in [-0.1, -0.05) is 0 Å². The topological polar surface area (TPSA) is 62.2 Å². The Hall–Kier alpha value is -1.43. The molecule has 1 amide bonds. The maximum atomic E-state index is 11.7. The molecule has 1 rings (SSSR count). The molecule has 0 saturated heterocycles. The highest BCUT2D eigenvalue weighted by Crippen LogP contribution is 2.11. The van der Waals surface area contributed by atoms with Crippen molar-refractivity contribution >= 4 is 18.1 Å². The number of carbonyl (C=O) groups excluding carboxylic acids is 2. The third-order valence-electron chi connectivity index (χ3n) is 2.18. The molecule has 0 N–H and O–H groups in total. The number of carbonyl (C=O) groups is 2. The van der Waals surface area contributed by atoms with Crippen LogP contribution >= 0.6 is 0 Å². The molecule has 0 spiro atoms. The Morgan fingerprint density at radius 1 is 1.62 bits per heavy atom. The number of rotatable bonds is 5. The molecule has 6 nitrogen and oxygen atoms in total. The van der Waals surface area contributed by atoms with E-state index in [-0.39, 0.29) is 12.5 Å². The number of esters is 1. The van der Waals surface area contributed by atoms with Crippen molar-refractivity contribution in [2.75, 3.05) is 33.8 Å². The van der Waals surface area contributed by atoms with E-state index in [2.05, 4.69) is 5.10 Å². The molecule has 1 aliphatic rings. The summed E-state index contributed by atoms with van der Waals surface area (Å²) in [5.41, 5.74) is 0. The van der Waals surface area contributed by atoms with E-state index < -0.39 is 11.9 Å². The van der Waals surface area contributed by atoms with Crippen LogP contribution in [0.5, 0.6) is 0 Å². The van der Waals surface area contributed by atoms with Crippen LogP contribution in [-0.4, -0.2) is 61.8 Å². The molecule has 0 radical (unpaired) electrons. The number of hydrogen-bond donors (Lipinski definition) is 0. The van der Waals surface area contributed by atoms with Gasteiger partial charge in [0.2, 0.25) is 0 Å². The second kappa shape index (κ2) is 5.60. The fraction of sp³-hybridized carbons (Fsp3) is 0.700. The van der Waals surface area contributed by atoms with Gasteiger partial charge in [0.15, 0.2) is 5.92 Å². The van der Waals surface area contributed by atoms with E-state index in [9.17, 15) is 9.59 Å². The van der Waals surface area contributed by atoms with Gasteiger partial charge in [0.05, 0.1) is 13.2 Å². The zero-order valence-corrected chi connectivity index (χ0v) is 9.84. The lowest BCUT2D eigenvalue weighted by molar-refractivity contribution is -0.150. The average molecular weight is 227 g/mol. The van der Waals surface area contributed by atoms with Crippen LogP contribution in [0.3, 0.4) is 0 Å². The van der Waals surface area contributed by atoms with Crippen LogP contribution in [0, 0.1) is 5.92 Å². The number of hydrogen-bond acceptors (Lipinski definition) is 5. The lowest BCUT2D eigenvalue weighted by Crippen LogP contribution is -2.35. The second-order valence-electron chi connectivity index (χ2n) is 3.76. The number of nitrogens with zero attached hydrogens (tertiary/aromatic N) is 3. The van der Waals surface area contributed by atoms with Crippen molar-refractivity contribution in [3.8, 4) is 0 Å². The summed E-state index contributed by atoms with van der Waals surface area (Å²) in [6.07, 6.45) is 1.34. The first-order valence-corrected chi connectivity index (χ1v) is 5.23. The lowest BCUT2D eigenvalue weighted by Gasteiger charge is -2.16. The average Bonchev–Trinajstić information content (AvgIpc) is 2.57. The molecule has 0 saturated carbocycles. The fourth-order valence-corrected chi connectivity index (χ4v) is 1.28. The van der Waals surface area contributed by atoms with Crippen LogP contribution in [0.1, 0.15) is 6.92 Å². The molecule has 16 heavy (non-hydrogen) atoms. The molecule has 1 unspecified atom stereocenters. The number of likely N-dealkylation sites (N-methyl/N-ethyl adjacent to an activating group) is 1. The summed E-state index contributed by atoms with van der Waals surface area (Å²) in [4.78, 5) is 25.0. The van der Waals surface area contributed by atoms with Crippen molar-refractivity contribution in [2.45, 2.75) is 6.92 Å². The summed E-state index contributed by atoms with van der Waals surface area (Å²) in [7, 11) is 3.82. The molecule has 0 bridgehead atoms. The highest BCUT2D eigenvalue weighted by atomic mass is 16.5. The van der Waals surface area contributed by atoms with Gasteiger partial charge in [-0.3, -0.25) is 9.59 Å². The van der Waals surface area contributed by atoms with Gasteiger partial charge < -0.3 is 9.64 Å². The molecular weight excluding hydrogens is 210 g/mol. The first kappa shape index (κ1) is 12.6. The molecule has 1 atom stereocenters. The predicted molar refractivity (Wildman–Crippen MR) is 58.9 cm³/mol. The first-order chi connectivity index (χ1) is 7.56. The molecule has 6 heteroatoms. The number of ether oxygens (including phenoxy) is 1. The van der Waals surface area contributed by atoms with Gasteiger partial charge in [-0.05, 0) is 21.0 Å². The first-order valence-electron chi connectivity index (χ1n) is 5.23. The van der Waals surface area contributed by atoms with E-state index in [0.717, 1.165) is 0 Å². The van der Waals surface area contributed by atoms with Crippen LogP contribution in [0.4, 0.5) is 0 Å². The van der Waals surface area contributed by atoms with Crippen LogP contribution < -0.4 is 0 Å². The summed E-state index contributed by atoms with van der Waals surface area (Å²) in [6, 6.07) is 0. The Bertz CT molecular complexity index is 302. The van der Waals surface area contributed by atoms with E-state index >= 15 is 0 Å². The minimum absolute atomic E-state index is 0.272. The molecule has 0 aromatic carbocycles. The SMILES string of the molecule is CCOC(=O)C1C=NN(CCN(C)C)C1=O. The van der Waals surface area contributed by atoms with Crippen molar-refractivity contribution in [2.24, 2.45) is 11.0 Å². The maximum absolute atomic E-state index is 11.7. The van der Waals surface area contributed by atoms with Gasteiger partial charge in [-0.2, -0.15) is 5.10 Å². The smallest absolute Gasteiger partial charge is 0.324 e. The third kappa shape index (κ3) is 3.03. The van der Waals surface area contributed by atoms with Crippen LogP contribution in [0.2, 0.25) is 0 Å². The fourth-order valence-electron chi connectivity index (χ4n) is 1.28. The second-order valence-corrected chi connectivity index (χ2v) is 3.76. The van der Waals surface area contributed by atoms with Crippen molar-refractivity contribution in [1.82, 2.24) is 9.91 Å². The minimum atomic E-state index is -0.859. The van der Waals surface area contributed by atoms with Gasteiger partial charge in [-0.25, -0.2) is 5.01 Å². The Morgan fingerprint density at radius 2 is 2.31 bits per heavy atom. The Morgan fingerprint density at radius 3 is 2.88 bits per heavy atom. The van der Waals surface area contributed by atoms with Gasteiger partial charge in [0.1, 0.15) is 0 Å². The summed E-state index contributed by atoms with van der Waals surface area (Å²) in [5, 5.41) is 5.21. The van der Waals surface area contributed by atoms with E-state index in [0.29, 0.717) is 13.1 Å². The van der Waals surface area contributed by atoms with E-state index in [1.165, 1.54) is 11.2 Å². The maximum Gasteiger partial charge on any atom is 0.324 e. The van der Waals surface area contributed by atoms with Crippen molar-refractivity contribution in [3.05, 3.63) is 0 Å². The Kier molecular flexibility index (Phi) is 4.42. The van der Waals surface area contributed by atoms with Gasteiger partial charge in [0, 0.05) is 12.8 Å². The Labute approximate surface area is 94.8 Å². The molecular formula is C10H17N3O3. The number of amides is 1. The molecule has 90 valence electrons. The van der Waals surface area contributed by atoms with Gasteiger partial charge >= 0.3 is 5.97 Å². The van der Waals surface area contributed by atoms with Crippen LogP contribution in [0.25, 0.3) is 0 Å². The zero-order chi connectivity index (χ0) is 12.1. The van der Waals surface area contributed by atoms with Crippen molar-refractivity contribution in [3.63, 3.8) is 0 Å². The summed E-state index contributed by atoms with van der Waals surface area (Å²) in [6.45, 7) is 3.17. The van der Waals surface area contributed by atoms with Gasteiger partial charge in [0.25, 0.3) is 5.91 Å². The monoisotopic (exact) mass is 227 g/mol. The summed E-state index contributed by atoms with van der Waals surface area (Å²) in [5.74, 6) is -1.69. The summed E-state index contributed by atoms with van der Waals surface area (Å²) < 4.78 is 4.78. The normalized spacial score (nSPS) is 19.6. The highest BCUT2D eigenvalue weighted by molar-refractivity contribution is 6.13. The quantitative estimate of drug-likeness (QED) is 0.471. The van der Waals surface area contributed by atoms with Crippen LogP contribution in [0.15, 0.2) is 5.10 Å². The van der Waals surface area contributed by atoms with Gasteiger partial charge in [-0.15, -0.1) is 0 Å². The predicted octanol–water partition coefficient (Wildman–Crippen LogP) is -0.445. The third-order valence-corrected chi connectivity index (χ3v) is 2.18. The lowest BCUT2D eigenvalue weighted by atomic mass is 10.1. The molecule has 0 aromatic heterocycles.